The Morgan fingerprint density at radius 2 is 1.32 bits per heavy atom. The summed E-state index contributed by atoms with van der Waals surface area (Å²) in [5, 5.41) is 2.66. The van der Waals surface area contributed by atoms with Crippen LogP contribution in [0.2, 0.25) is 0 Å². The van der Waals surface area contributed by atoms with Gasteiger partial charge in [-0.3, -0.25) is 0 Å². The molecular formula is C19H22Br2Hf. The van der Waals surface area contributed by atoms with Crippen LogP contribution in [0.4, 0.5) is 0 Å². The number of hydrogen-bond donors (Lipinski definition) is 0. The maximum atomic E-state index is 2.20. The Morgan fingerprint density at radius 1 is 0.818 bits per heavy atom. The number of fused-ring (bicyclic) bond motifs is 1. The first-order valence-electron chi connectivity index (χ1n) is 6.82. The van der Waals surface area contributed by atoms with Gasteiger partial charge in [-0.05, 0) is 0 Å². The van der Waals surface area contributed by atoms with Crippen LogP contribution in [-0.4, -0.2) is 0 Å². The molecule has 3 rings (SSSR count). The molecule has 3 aromatic rings. The van der Waals surface area contributed by atoms with E-state index in [4.69, 9.17) is 0 Å². The van der Waals surface area contributed by atoms with Crippen molar-refractivity contribution in [2.24, 2.45) is 0 Å². The normalized spacial score (nSPS) is 8.95. The molecule has 0 aromatic heterocycles. The zero-order valence-electron chi connectivity index (χ0n) is 13.8. The van der Waals surface area contributed by atoms with Gasteiger partial charge in [-0.15, -0.1) is 29.7 Å². The topological polar surface area (TPSA) is 0 Å². The van der Waals surface area contributed by atoms with Gasteiger partial charge >= 0.3 is 25.8 Å². The number of rotatable bonds is 0. The SMILES string of the molecule is Cc1c(C)c(C)[c-](C)c1C.[Br-].[Br-].[Hf+4].c1ccc2[cH-]ccc2c1. The van der Waals surface area contributed by atoms with Crippen LogP contribution in [0, 0.1) is 34.6 Å². The first kappa shape index (κ1) is 24.3. The van der Waals surface area contributed by atoms with Gasteiger partial charge in [-0.1, -0.05) is 40.7 Å². The van der Waals surface area contributed by atoms with Crippen molar-refractivity contribution in [1.82, 2.24) is 0 Å². The molecule has 0 fully saturated rings. The third-order valence-corrected chi connectivity index (χ3v) is 4.36. The molecule has 0 unspecified atom stereocenters. The van der Waals surface area contributed by atoms with Gasteiger partial charge in [0.15, 0.2) is 0 Å². The van der Waals surface area contributed by atoms with Gasteiger partial charge in [-0.25, -0.2) is 0 Å². The summed E-state index contributed by atoms with van der Waals surface area (Å²) in [6, 6.07) is 14.7. The molecule has 0 saturated heterocycles. The maximum Gasteiger partial charge on any atom is 4.00 e. The molecule has 0 N–H and O–H groups in total. The van der Waals surface area contributed by atoms with E-state index in [1.54, 1.807) is 0 Å². The van der Waals surface area contributed by atoms with Crippen molar-refractivity contribution in [3.8, 4) is 0 Å². The number of benzene rings is 1. The Kier molecular flexibility index (Phi) is 11.8. The van der Waals surface area contributed by atoms with Gasteiger partial charge in [0.25, 0.3) is 0 Å². The van der Waals surface area contributed by atoms with Crippen LogP contribution >= 0.6 is 0 Å². The molecule has 0 heterocycles. The fourth-order valence-electron chi connectivity index (χ4n) is 2.48. The Bertz CT molecular complexity index is 582. The van der Waals surface area contributed by atoms with Crippen LogP contribution in [0.15, 0.2) is 42.5 Å². The molecule has 0 aliphatic heterocycles. The van der Waals surface area contributed by atoms with Gasteiger partial charge in [0.1, 0.15) is 0 Å². The predicted octanol–water partition coefficient (Wildman–Crippen LogP) is -0.488. The monoisotopic (exact) mass is 588 g/mol. The first-order chi connectivity index (χ1) is 9.02. The Labute approximate surface area is 174 Å². The summed E-state index contributed by atoms with van der Waals surface area (Å²) in [5.41, 5.74) is 7.34. The molecule has 3 heteroatoms. The van der Waals surface area contributed by atoms with E-state index in [2.05, 4.69) is 77.1 Å². The summed E-state index contributed by atoms with van der Waals surface area (Å²) < 4.78 is 0. The van der Waals surface area contributed by atoms with Crippen molar-refractivity contribution in [3.05, 3.63) is 70.3 Å². The van der Waals surface area contributed by atoms with Gasteiger partial charge in [-0.2, -0.15) is 45.3 Å². The van der Waals surface area contributed by atoms with E-state index in [0.717, 1.165) is 0 Å². The van der Waals surface area contributed by atoms with E-state index in [0.29, 0.717) is 0 Å². The predicted molar refractivity (Wildman–Crippen MR) is 85.3 cm³/mol. The fraction of sp³-hybridized carbons (Fsp3) is 0.263. The fourth-order valence-corrected chi connectivity index (χ4v) is 2.48. The van der Waals surface area contributed by atoms with Crippen LogP contribution < -0.4 is 34.0 Å². The van der Waals surface area contributed by atoms with E-state index in [-0.39, 0.29) is 59.8 Å². The average molecular weight is 589 g/mol. The van der Waals surface area contributed by atoms with Crippen molar-refractivity contribution in [1.29, 1.82) is 0 Å². The average Bonchev–Trinajstić information content (AvgIpc) is 2.97. The summed E-state index contributed by atoms with van der Waals surface area (Å²) in [6.45, 7) is 11.0. The van der Waals surface area contributed by atoms with Gasteiger partial charge < -0.3 is 34.0 Å². The van der Waals surface area contributed by atoms with Crippen LogP contribution in [-0.2, 0) is 25.8 Å². The standard InChI is InChI=1S/C10H15.C9H7.2BrH.Hf/c1-6-7(2)9(4)10(5)8(6)3;1-2-5-9-7-3-6-8(9)4-1;;;/h1-5H3;1-7H;2*1H;/q2*-1;;;+4/p-2. The van der Waals surface area contributed by atoms with E-state index >= 15 is 0 Å². The largest absolute Gasteiger partial charge is 4.00 e. The molecule has 116 valence electrons. The Morgan fingerprint density at radius 3 is 1.73 bits per heavy atom. The van der Waals surface area contributed by atoms with Crippen molar-refractivity contribution in [2.75, 3.05) is 0 Å². The molecule has 0 spiro atoms. The molecule has 0 amide bonds. The van der Waals surface area contributed by atoms with Crippen molar-refractivity contribution in [3.63, 3.8) is 0 Å². The van der Waals surface area contributed by atoms with E-state index in [1.807, 2.05) is 0 Å². The van der Waals surface area contributed by atoms with Crippen molar-refractivity contribution < 1.29 is 59.8 Å². The van der Waals surface area contributed by atoms with E-state index in [1.165, 1.54) is 38.6 Å². The summed E-state index contributed by atoms with van der Waals surface area (Å²) in [7, 11) is 0. The molecule has 0 saturated carbocycles. The second kappa shape index (κ2) is 10.7. The van der Waals surface area contributed by atoms with Gasteiger partial charge in [0.05, 0.1) is 0 Å². The molecule has 0 bridgehead atoms. The maximum absolute atomic E-state index is 2.20. The van der Waals surface area contributed by atoms with E-state index in [9.17, 15) is 0 Å². The van der Waals surface area contributed by atoms with Gasteiger partial charge in [0.2, 0.25) is 0 Å². The summed E-state index contributed by atoms with van der Waals surface area (Å²) in [5.74, 6) is 0. The van der Waals surface area contributed by atoms with E-state index < -0.39 is 0 Å². The van der Waals surface area contributed by atoms with Crippen LogP contribution in [0.5, 0.6) is 0 Å². The Hall–Kier alpha value is 0.0101. The molecule has 0 radical (unpaired) electrons. The second-order valence-corrected chi connectivity index (χ2v) is 5.28. The van der Waals surface area contributed by atoms with Crippen LogP contribution in [0.25, 0.3) is 10.8 Å². The summed E-state index contributed by atoms with van der Waals surface area (Å²) in [4.78, 5) is 0. The zero-order chi connectivity index (χ0) is 14.0. The molecule has 0 atom stereocenters. The van der Waals surface area contributed by atoms with Crippen molar-refractivity contribution in [2.45, 2.75) is 34.6 Å². The molecule has 0 aliphatic rings. The third-order valence-electron chi connectivity index (χ3n) is 4.36. The minimum atomic E-state index is 0. The smallest absolute Gasteiger partial charge is 1.00 e. The van der Waals surface area contributed by atoms with Gasteiger partial charge in [0, 0.05) is 0 Å². The minimum Gasteiger partial charge on any atom is -1.00 e. The molecule has 3 aromatic carbocycles. The minimum absolute atomic E-state index is 0. The quantitative estimate of drug-likeness (QED) is 0.246. The number of hydrogen-bond acceptors (Lipinski definition) is 0. The summed E-state index contributed by atoms with van der Waals surface area (Å²) in [6.07, 6.45) is 0. The third kappa shape index (κ3) is 5.28. The molecule has 0 aliphatic carbocycles. The Balaban J connectivity index is 0. The zero-order valence-corrected chi connectivity index (χ0v) is 20.6. The first-order valence-corrected chi connectivity index (χ1v) is 6.82. The molecular weight excluding hydrogens is 567 g/mol. The number of halogens is 2. The second-order valence-electron chi connectivity index (χ2n) is 5.28. The molecule has 22 heavy (non-hydrogen) atoms. The van der Waals surface area contributed by atoms with Crippen LogP contribution in [0.3, 0.4) is 0 Å². The van der Waals surface area contributed by atoms with Crippen LogP contribution in [0.1, 0.15) is 27.8 Å². The molecule has 0 nitrogen and oxygen atoms in total. The summed E-state index contributed by atoms with van der Waals surface area (Å²) >= 11 is 0. The van der Waals surface area contributed by atoms with Crippen molar-refractivity contribution >= 4 is 10.8 Å².